The van der Waals surface area contributed by atoms with Gasteiger partial charge in [0.2, 0.25) is 0 Å². The van der Waals surface area contributed by atoms with E-state index in [1.54, 1.807) is 48.0 Å². The number of furan rings is 1. The maximum Gasteiger partial charge on any atom is 0.350 e. The SMILES string of the molecule is COC(=O)c1sccc1NC(=O)COC(=O)c1ccccc1NCc1ccco1. The standard InChI is InChI=1S/C20H18N2O6S/c1-26-20(25)18-16(8-10-29-18)22-17(23)12-28-19(24)14-6-2-3-7-15(14)21-11-13-5-4-9-27-13/h2-10,21H,11-12H2,1H3,(H,22,23). The van der Waals surface area contributed by atoms with Crippen LogP contribution in [0.25, 0.3) is 0 Å². The first-order valence-corrected chi connectivity index (χ1v) is 9.44. The van der Waals surface area contributed by atoms with Crippen LogP contribution in [0.1, 0.15) is 25.8 Å². The maximum absolute atomic E-state index is 12.4. The molecule has 1 aromatic carbocycles. The highest BCUT2D eigenvalue weighted by molar-refractivity contribution is 7.12. The highest BCUT2D eigenvalue weighted by atomic mass is 32.1. The van der Waals surface area contributed by atoms with Crippen molar-refractivity contribution < 1.29 is 28.3 Å². The summed E-state index contributed by atoms with van der Waals surface area (Å²) in [5.41, 5.74) is 1.15. The van der Waals surface area contributed by atoms with E-state index in [2.05, 4.69) is 15.4 Å². The number of methoxy groups -OCH3 is 1. The Morgan fingerprint density at radius 1 is 1.03 bits per heavy atom. The van der Waals surface area contributed by atoms with Crippen molar-refractivity contribution in [2.75, 3.05) is 24.4 Å². The molecule has 150 valence electrons. The number of carbonyl (C=O) groups excluding carboxylic acids is 3. The molecule has 29 heavy (non-hydrogen) atoms. The smallest absolute Gasteiger partial charge is 0.350 e. The van der Waals surface area contributed by atoms with Gasteiger partial charge in [-0.25, -0.2) is 9.59 Å². The van der Waals surface area contributed by atoms with E-state index in [0.717, 1.165) is 11.3 Å². The lowest BCUT2D eigenvalue weighted by atomic mass is 10.2. The zero-order valence-corrected chi connectivity index (χ0v) is 16.3. The van der Waals surface area contributed by atoms with Gasteiger partial charge in [0.05, 0.1) is 31.2 Å². The minimum absolute atomic E-state index is 0.264. The molecule has 1 amide bonds. The Morgan fingerprint density at radius 3 is 2.62 bits per heavy atom. The summed E-state index contributed by atoms with van der Waals surface area (Å²) in [7, 11) is 1.26. The first-order chi connectivity index (χ1) is 14.1. The molecule has 2 aromatic heterocycles. The van der Waals surface area contributed by atoms with E-state index >= 15 is 0 Å². The lowest BCUT2D eigenvalue weighted by molar-refractivity contribution is -0.119. The molecule has 2 heterocycles. The second-order valence-electron chi connectivity index (χ2n) is 5.76. The first kappa shape index (κ1) is 20.2. The molecule has 0 unspecified atom stereocenters. The fraction of sp³-hybridized carbons (Fsp3) is 0.150. The van der Waals surface area contributed by atoms with Crippen molar-refractivity contribution >= 4 is 40.6 Å². The van der Waals surface area contributed by atoms with Gasteiger partial charge in [0, 0.05) is 5.69 Å². The number of amides is 1. The molecular formula is C20H18N2O6S. The molecule has 0 saturated carbocycles. The summed E-state index contributed by atoms with van der Waals surface area (Å²) in [6.07, 6.45) is 1.56. The molecule has 0 radical (unpaired) electrons. The Morgan fingerprint density at radius 2 is 1.86 bits per heavy atom. The highest BCUT2D eigenvalue weighted by Crippen LogP contribution is 2.23. The first-order valence-electron chi connectivity index (χ1n) is 8.56. The Labute approximate surface area is 170 Å². The van der Waals surface area contributed by atoms with Crippen LogP contribution >= 0.6 is 11.3 Å². The third kappa shape index (κ3) is 5.23. The quantitative estimate of drug-likeness (QED) is 0.543. The van der Waals surface area contributed by atoms with E-state index in [-0.39, 0.29) is 10.4 Å². The van der Waals surface area contributed by atoms with Crippen molar-refractivity contribution in [3.63, 3.8) is 0 Å². The monoisotopic (exact) mass is 414 g/mol. The van der Waals surface area contributed by atoms with Gasteiger partial charge in [0.1, 0.15) is 10.6 Å². The van der Waals surface area contributed by atoms with Gasteiger partial charge < -0.3 is 24.5 Å². The Bertz CT molecular complexity index is 996. The Balaban J connectivity index is 1.57. The molecule has 0 aliphatic carbocycles. The number of thiophene rings is 1. The summed E-state index contributed by atoms with van der Waals surface area (Å²) < 4.78 is 15.0. The van der Waals surface area contributed by atoms with Crippen LogP contribution in [0.5, 0.6) is 0 Å². The molecular weight excluding hydrogens is 396 g/mol. The van der Waals surface area contributed by atoms with Crippen molar-refractivity contribution in [2.24, 2.45) is 0 Å². The van der Waals surface area contributed by atoms with E-state index in [1.807, 2.05) is 6.07 Å². The predicted molar refractivity (Wildman–Crippen MR) is 107 cm³/mol. The van der Waals surface area contributed by atoms with Gasteiger partial charge in [-0.05, 0) is 35.7 Å². The number of anilines is 2. The minimum Gasteiger partial charge on any atom is -0.467 e. The molecule has 8 nitrogen and oxygen atoms in total. The summed E-state index contributed by atoms with van der Waals surface area (Å²) in [6.45, 7) is -0.103. The zero-order valence-electron chi connectivity index (χ0n) is 15.5. The lowest BCUT2D eigenvalue weighted by Crippen LogP contribution is -2.22. The van der Waals surface area contributed by atoms with Crippen molar-refractivity contribution in [1.82, 2.24) is 0 Å². The van der Waals surface area contributed by atoms with Crippen LogP contribution in [0.15, 0.2) is 58.5 Å². The average molecular weight is 414 g/mol. The van der Waals surface area contributed by atoms with Crippen LogP contribution in [-0.4, -0.2) is 31.6 Å². The van der Waals surface area contributed by atoms with Crippen molar-refractivity contribution in [1.29, 1.82) is 0 Å². The molecule has 0 bridgehead atoms. The molecule has 0 aliphatic heterocycles. The number of hydrogen-bond acceptors (Lipinski definition) is 8. The van der Waals surface area contributed by atoms with Gasteiger partial charge in [0.15, 0.2) is 6.61 Å². The van der Waals surface area contributed by atoms with E-state index in [1.165, 1.54) is 7.11 Å². The van der Waals surface area contributed by atoms with E-state index < -0.39 is 24.5 Å². The van der Waals surface area contributed by atoms with Gasteiger partial charge in [-0.3, -0.25) is 4.79 Å². The molecule has 0 atom stereocenters. The fourth-order valence-corrected chi connectivity index (χ4v) is 3.23. The van der Waals surface area contributed by atoms with Crippen LogP contribution in [0, 0.1) is 0 Å². The van der Waals surface area contributed by atoms with Crippen molar-refractivity contribution in [3.05, 3.63) is 70.3 Å². The van der Waals surface area contributed by atoms with Crippen LogP contribution < -0.4 is 10.6 Å². The van der Waals surface area contributed by atoms with Crippen LogP contribution in [0.3, 0.4) is 0 Å². The van der Waals surface area contributed by atoms with E-state index in [4.69, 9.17) is 9.15 Å². The largest absolute Gasteiger partial charge is 0.467 e. The number of esters is 2. The summed E-state index contributed by atoms with van der Waals surface area (Å²) in [5, 5.41) is 7.29. The van der Waals surface area contributed by atoms with Crippen molar-refractivity contribution in [2.45, 2.75) is 6.54 Å². The molecule has 0 saturated heterocycles. The third-order valence-corrected chi connectivity index (χ3v) is 4.72. The topological polar surface area (TPSA) is 107 Å². The summed E-state index contributed by atoms with van der Waals surface area (Å²) in [6, 6.07) is 12.0. The summed E-state index contributed by atoms with van der Waals surface area (Å²) >= 11 is 1.14. The Kier molecular flexibility index (Phi) is 6.64. The van der Waals surface area contributed by atoms with Gasteiger partial charge >= 0.3 is 11.9 Å². The number of carbonyl (C=O) groups is 3. The number of benzene rings is 1. The number of nitrogens with one attached hydrogen (secondary N) is 2. The molecule has 9 heteroatoms. The normalized spacial score (nSPS) is 10.2. The van der Waals surface area contributed by atoms with E-state index in [9.17, 15) is 14.4 Å². The average Bonchev–Trinajstić information content (AvgIpc) is 3.42. The van der Waals surface area contributed by atoms with Crippen molar-refractivity contribution in [3.8, 4) is 0 Å². The molecule has 0 spiro atoms. The van der Waals surface area contributed by atoms with E-state index in [0.29, 0.717) is 23.7 Å². The molecule has 2 N–H and O–H groups in total. The van der Waals surface area contributed by atoms with Crippen LogP contribution in [0.4, 0.5) is 11.4 Å². The number of hydrogen-bond donors (Lipinski definition) is 2. The van der Waals surface area contributed by atoms with Crippen LogP contribution in [-0.2, 0) is 20.8 Å². The second-order valence-corrected chi connectivity index (χ2v) is 6.67. The summed E-state index contributed by atoms with van der Waals surface area (Å²) in [5.74, 6) is -1.06. The number of para-hydroxylation sites is 1. The minimum atomic E-state index is -0.652. The second kappa shape index (κ2) is 9.56. The highest BCUT2D eigenvalue weighted by Gasteiger charge is 2.18. The Hall–Kier alpha value is -3.59. The van der Waals surface area contributed by atoms with Gasteiger partial charge in [-0.2, -0.15) is 0 Å². The maximum atomic E-state index is 12.4. The molecule has 3 rings (SSSR count). The molecule has 0 fully saturated rings. The van der Waals surface area contributed by atoms with Gasteiger partial charge in [0.25, 0.3) is 5.91 Å². The molecule has 0 aliphatic rings. The fourth-order valence-electron chi connectivity index (χ4n) is 2.46. The summed E-state index contributed by atoms with van der Waals surface area (Å²) in [4.78, 5) is 36.4. The zero-order chi connectivity index (χ0) is 20.6. The predicted octanol–water partition coefficient (Wildman–Crippen LogP) is 3.54. The number of rotatable bonds is 8. The lowest BCUT2D eigenvalue weighted by Gasteiger charge is -2.11. The van der Waals surface area contributed by atoms with Gasteiger partial charge in [-0.15, -0.1) is 11.3 Å². The third-order valence-electron chi connectivity index (χ3n) is 3.82. The van der Waals surface area contributed by atoms with Crippen LogP contribution in [0.2, 0.25) is 0 Å². The number of ether oxygens (including phenoxy) is 2. The molecule has 3 aromatic rings. The van der Waals surface area contributed by atoms with Gasteiger partial charge in [-0.1, -0.05) is 12.1 Å².